The molecule has 0 fully saturated rings. The molecule has 0 aliphatic rings. The molecule has 25 heavy (non-hydrogen) atoms. The predicted molar refractivity (Wildman–Crippen MR) is 96.1 cm³/mol. The molecule has 0 aromatic heterocycles. The van der Waals surface area contributed by atoms with E-state index in [0.29, 0.717) is 18.6 Å². The Hall–Kier alpha value is -2.66. The normalized spacial score (nSPS) is 11.6. The fourth-order valence-electron chi connectivity index (χ4n) is 2.45. The van der Waals surface area contributed by atoms with Crippen LogP contribution in [0.4, 0.5) is 0 Å². The van der Waals surface area contributed by atoms with Gasteiger partial charge in [0.25, 0.3) is 5.91 Å². The van der Waals surface area contributed by atoms with Gasteiger partial charge in [0.15, 0.2) is 0 Å². The first-order valence-corrected chi connectivity index (χ1v) is 8.37. The van der Waals surface area contributed by atoms with Gasteiger partial charge in [0, 0.05) is 12.0 Å². The summed E-state index contributed by atoms with van der Waals surface area (Å²) in [6.07, 6.45) is 0.495. The number of carbonyl (C=O) groups excluding carboxylic acids is 2. The van der Waals surface area contributed by atoms with Crippen molar-refractivity contribution in [1.82, 2.24) is 5.32 Å². The van der Waals surface area contributed by atoms with Crippen LogP contribution in [0.5, 0.6) is 0 Å². The SMILES string of the molecule is CCOC(=O)CC[C@@H](CO)NC(=O)c1ccc(-c2ccccc2)cc1. The van der Waals surface area contributed by atoms with Gasteiger partial charge < -0.3 is 15.2 Å². The van der Waals surface area contributed by atoms with E-state index in [0.717, 1.165) is 11.1 Å². The fraction of sp³-hybridized carbons (Fsp3) is 0.300. The summed E-state index contributed by atoms with van der Waals surface area (Å²) in [6, 6.07) is 16.7. The number of ether oxygens (including phenoxy) is 1. The Morgan fingerprint density at radius 1 is 1.04 bits per heavy atom. The number of carbonyl (C=O) groups is 2. The minimum atomic E-state index is -0.481. The maximum Gasteiger partial charge on any atom is 0.305 e. The van der Waals surface area contributed by atoms with E-state index < -0.39 is 6.04 Å². The number of esters is 1. The number of rotatable bonds is 8. The van der Waals surface area contributed by atoms with Gasteiger partial charge >= 0.3 is 5.97 Å². The minimum absolute atomic E-state index is 0.159. The summed E-state index contributed by atoms with van der Waals surface area (Å²) in [7, 11) is 0. The Morgan fingerprint density at radius 3 is 2.28 bits per heavy atom. The lowest BCUT2D eigenvalue weighted by Crippen LogP contribution is -2.37. The van der Waals surface area contributed by atoms with Crippen molar-refractivity contribution in [2.24, 2.45) is 0 Å². The molecule has 0 aliphatic heterocycles. The van der Waals surface area contributed by atoms with Crippen LogP contribution in [0.15, 0.2) is 54.6 Å². The van der Waals surface area contributed by atoms with Crippen molar-refractivity contribution < 1.29 is 19.4 Å². The van der Waals surface area contributed by atoms with Gasteiger partial charge in [0.2, 0.25) is 0 Å². The average Bonchev–Trinajstić information content (AvgIpc) is 2.66. The topological polar surface area (TPSA) is 75.6 Å². The zero-order chi connectivity index (χ0) is 18.1. The van der Waals surface area contributed by atoms with Crippen molar-refractivity contribution >= 4 is 11.9 Å². The van der Waals surface area contributed by atoms with Crippen molar-refractivity contribution in [3.8, 4) is 11.1 Å². The third-order valence-corrected chi connectivity index (χ3v) is 3.81. The van der Waals surface area contributed by atoms with E-state index in [4.69, 9.17) is 4.74 Å². The summed E-state index contributed by atoms with van der Waals surface area (Å²) in [4.78, 5) is 23.7. The van der Waals surface area contributed by atoms with Gasteiger partial charge in [-0.15, -0.1) is 0 Å². The van der Waals surface area contributed by atoms with Crippen LogP contribution in [-0.4, -0.2) is 36.2 Å². The maximum absolute atomic E-state index is 12.3. The number of hydrogen-bond acceptors (Lipinski definition) is 4. The van der Waals surface area contributed by atoms with E-state index in [2.05, 4.69) is 5.32 Å². The molecule has 0 spiro atoms. The van der Waals surface area contributed by atoms with Crippen molar-refractivity contribution in [3.63, 3.8) is 0 Å². The number of benzene rings is 2. The summed E-state index contributed by atoms with van der Waals surface area (Å²) >= 11 is 0. The van der Waals surface area contributed by atoms with Crippen molar-refractivity contribution in [2.75, 3.05) is 13.2 Å². The van der Waals surface area contributed by atoms with Crippen molar-refractivity contribution in [2.45, 2.75) is 25.8 Å². The zero-order valence-electron chi connectivity index (χ0n) is 14.3. The molecule has 2 rings (SSSR count). The smallest absolute Gasteiger partial charge is 0.305 e. The van der Waals surface area contributed by atoms with Crippen LogP contribution in [-0.2, 0) is 9.53 Å². The van der Waals surface area contributed by atoms with Crippen LogP contribution in [0.2, 0.25) is 0 Å². The monoisotopic (exact) mass is 341 g/mol. The van der Waals surface area contributed by atoms with Gasteiger partial charge in [-0.1, -0.05) is 42.5 Å². The molecule has 5 nitrogen and oxygen atoms in total. The predicted octanol–water partition coefficient (Wildman–Crippen LogP) is 2.79. The summed E-state index contributed by atoms with van der Waals surface area (Å²) in [5.41, 5.74) is 2.62. The summed E-state index contributed by atoms with van der Waals surface area (Å²) in [5.74, 6) is -0.607. The molecule has 0 unspecified atom stereocenters. The highest BCUT2D eigenvalue weighted by Gasteiger charge is 2.15. The third kappa shape index (κ3) is 5.72. The van der Waals surface area contributed by atoms with E-state index in [-0.39, 0.29) is 24.9 Å². The largest absolute Gasteiger partial charge is 0.466 e. The molecule has 0 radical (unpaired) electrons. The molecule has 0 saturated carbocycles. The molecule has 2 N–H and O–H groups in total. The van der Waals surface area contributed by atoms with Gasteiger partial charge in [-0.25, -0.2) is 0 Å². The lowest BCUT2D eigenvalue weighted by atomic mass is 10.0. The van der Waals surface area contributed by atoms with Crippen LogP contribution >= 0.6 is 0 Å². The molecular formula is C20H23NO4. The Bertz CT molecular complexity index is 683. The van der Waals surface area contributed by atoms with Gasteiger partial charge in [-0.05, 0) is 36.6 Å². The van der Waals surface area contributed by atoms with Crippen LogP contribution < -0.4 is 5.32 Å². The maximum atomic E-state index is 12.3. The summed E-state index contributed by atoms with van der Waals surface area (Å²) < 4.78 is 4.85. The molecule has 1 amide bonds. The first-order valence-electron chi connectivity index (χ1n) is 8.37. The first kappa shape index (κ1) is 18.7. The highest BCUT2D eigenvalue weighted by molar-refractivity contribution is 5.94. The lowest BCUT2D eigenvalue weighted by Gasteiger charge is -2.16. The molecule has 0 aliphatic carbocycles. The van der Waals surface area contributed by atoms with Crippen molar-refractivity contribution in [1.29, 1.82) is 0 Å². The van der Waals surface area contributed by atoms with Crippen LogP contribution in [0, 0.1) is 0 Å². The molecule has 132 valence electrons. The number of nitrogens with one attached hydrogen (secondary N) is 1. The van der Waals surface area contributed by atoms with E-state index >= 15 is 0 Å². The van der Waals surface area contributed by atoms with Crippen molar-refractivity contribution in [3.05, 3.63) is 60.2 Å². The Labute approximate surface area is 147 Å². The van der Waals surface area contributed by atoms with Crippen LogP contribution in [0.3, 0.4) is 0 Å². The lowest BCUT2D eigenvalue weighted by molar-refractivity contribution is -0.143. The molecule has 1 atom stereocenters. The standard InChI is InChI=1S/C20H23NO4/c1-2-25-19(23)13-12-18(14-22)21-20(24)17-10-8-16(9-11-17)15-6-4-3-5-7-15/h3-11,18,22H,2,12-14H2,1H3,(H,21,24)/t18-/m0/s1. The van der Waals surface area contributed by atoms with Gasteiger partial charge in [0.1, 0.15) is 0 Å². The molecule has 5 heteroatoms. The number of hydrogen-bond donors (Lipinski definition) is 2. The van der Waals surface area contributed by atoms with Crippen LogP contribution in [0.1, 0.15) is 30.1 Å². The molecule has 0 heterocycles. The van der Waals surface area contributed by atoms with Crippen LogP contribution in [0.25, 0.3) is 11.1 Å². The second kappa shape index (κ2) is 9.59. The minimum Gasteiger partial charge on any atom is -0.466 e. The Kier molecular flexibility index (Phi) is 7.16. The molecule has 0 saturated heterocycles. The van der Waals surface area contributed by atoms with Gasteiger partial charge in [-0.3, -0.25) is 9.59 Å². The van der Waals surface area contributed by atoms with E-state index in [1.165, 1.54) is 0 Å². The van der Waals surface area contributed by atoms with E-state index in [9.17, 15) is 14.7 Å². The van der Waals surface area contributed by atoms with E-state index in [1.807, 2.05) is 42.5 Å². The van der Waals surface area contributed by atoms with Gasteiger partial charge in [-0.2, -0.15) is 0 Å². The Morgan fingerprint density at radius 2 is 1.68 bits per heavy atom. The summed E-state index contributed by atoms with van der Waals surface area (Å²) in [6.45, 7) is 1.83. The average molecular weight is 341 g/mol. The summed E-state index contributed by atoms with van der Waals surface area (Å²) in [5, 5.41) is 12.1. The Balaban J connectivity index is 1.94. The van der Waals surface area contributed by atoms with E-state index in [1.54, 1.807) is 19.1 Å². The van der Waals surface area contributed by atoms with Gasteiger partial charge in [0.05, 0.1) is 19.3 Å². The molecule has 2 aromatic carbocycles. The second-order valence-corrected chi connectivity index (χ2v) is 5.64. The fourth-order valence-corrected chi connectivity index (χ4v) is 2.45. The highest BCUT2D eigenvalue weighted by atomic mass is 16.5. The third-order valence-electron chi connectivity index (χ3n) is 3.81. The molecule has 2 aromatic rings. The highest BCUT2D eigenvalue weighted by Crippen LogP contribution is 2.19. The number of aliphatic hydroxyl groups excluding tert-OH is 1. The molecule has 0 bridgehead atoms. The molecular weight excluding hydrogens is 318 g/mol. The zero-order valence-corrected chi connectivity index (χ0v) is 14.3. The number of amides is 1. The first-order chi connectivity index (χ1) is 12.1. The quantitative estimate of drug-likeness (QED) is 0.724. The second-order valence-electron chi connectivity index (χ2n) is 5.64. The number of aliphatic hydroxyl groups is 1.